The summed E-state index contributed by atoms with van der Waals surface area (Å²) in [4.78, 5) is 14.0. The number of hydrogen-bond acceptors (Lipinski definition) is 2. The lowest BCUT2D eigenvalue weighted by atomic mass is 10.0. The molecule has 0 saturated heterocycles. The van der Waals surface area contributed by atoms with Crippen molar-refractivity contribution in [2.75, 3.05) is 6.54 Å². The summed E-state index contributed by atoms with van der Waals surface area (Å²) >= 11 is 3.40. The lowest BCUT2D eigenvalue weighted by Crippen LogP contribution is -2.46. The van der Waals surface area contributed by atoms with E-state index in [1.165, 1.54) is 0 Å². The number of likely N-dealkylation sites (N-methyl/N-ethyl adjacent to an activating group) is 1. The molecular formula is C14H21BrN2O. The maximum absolute atomic E-state index is 12.2. The van der Waals surface area contributed by atoms with Crippen molar-refractivity contribution in [3.63, 3.8) is 0 Å². The van der Waals surface area contributed by atoms with Crippen LogP contribution in [-0.4, -0.2) is 23.4 Å². The number of hydrogen-bond donors (Lipinski definition) is 1. The van der Waals surface area contributed by atoms with E-state index in [4.69, 9.17) is 5.73 Å². The molecule has 1 aromatic rings. The minimum Gasteiger partial charge on any atom is -0.337 e. The van der Waals surface area contributed by atoms with E-state index in [-0.39, 0.29) is 11.8 Å². The van der Waals surface area contributed by atoms with Gasteiger partial charge in [-0.25, -0.2) is 0 Å². The minimum absolute atomic E-state index is 0.0235. The van der Waals surface area contributed by atoms with Gasteiger partial charge in [-0.1, -0.05) is 41.9 Å². The molecule has 2 N–H and O–H groups in total. The second kappa shape index (κ2) is 6.90. The summed E-state index contributed by atoms with van der Waals surface area (Å²) in [6.07, 6.45) is 0. The Hall–Kier alpha value is -0.870. The van der Waals surface area contributed by atoms with Gasteiger partial charge in [-0.15, -0.1) is 0 Å². The zero-order chi connectivity index (χ0) is 13.7. The van der Waals surface area contributed by atoms with Crippen LogP contribution in [-0.2, 0) is 11.3 Å². The third-order valence-electron chi connectivity index (χ3n) is 2.98. The van der Waals surface area contributed by atoms with Crippen molar-refractivity contribution in [2.45, 2.75) is 33.4 Å². The molecule has 0 aliphatic carbocycles. The van der Waals surface area contributed by atoms with Gasteiger partial charge >= 0.3 is 0 Å². The van der Waals surface area contributed by atoms with Crippen molar-refractivity contribution in [3.05, 3.63) is 34.3 Å². The molecule has 0 spiro atoms. The summed E-state index contributed by atoms with van der Waals surface area (Å²) in [5.74, 6) is 0.187. The van der Waals surface area contributed by atoms with Gasteiger partial charge in [-0.2, -0.15) is 0 Å². The van der Waals surface area contributed by atoms with Gasteiger partial charge in [0, 0.05) is 17.6 Å². The number of nitrogens with two attached hydrogens (primary N) is 1. The van der Waals surface area contributed by atoms with E-state index in [2.05, 4.69) is 15.9 Å². The van der Waals surface area contributed by atoms with Crippen LogP contribution in [0.2, 0.25) is 0 Å². The maximum Gasteiger partial charge on any atom is 0.240 e. The molecule has 100 valence electrons. The molecule has 0 bridgehead atoms. The van der Waals surface area contributed by atoms with Gasteiger partial charge in [0.15, 0.2) is 0 Å². The zero-order valence-corrected chi connectivity index (χ0v) is 12.8. The maximum atomic E-state index is 12.2. The van der Waals surface area contributed by atoms with Crippen molar-refractivity contribution in [1.29, 1.82) is 0 Å². The van der Waals surface area contributed by atoms with Crippen LogP contribution in [0.3, 0.4) is 0 Å². The molecule has 0 aromatic heterocycles. The van der Waals surface area contributed by atoms with E-state index in [1.54, 1.807) is 4.90 Å². The molecule has 4 heteroatoms. The SMILES string of the molecule is CCN(Cc1ccc(Br)cc1)C(=O)[C@@H](N)C(C)C. The van der Waals surface area contributed by atoms with E-state index in [0.717, 1.165) is 10.0 Å². The third-order valence-corrected chi connectivity index (χ3v) is 3.51. The fourth-order valence-electron chi connectivity index (χ4n) is 1.65. The van der Waals surface area contributed by atoms with Crippen LogP contribution >= 0.6 is 15.9 Å². The van der Waals surface area contributed by atoms with Crippen molar-refractivity contribution in [2.24, 2.45) is 11.7 Å². The Labute approximate surface area is 117 Å². The zero-order valence-electron chi connectivity index (χ0n) is 11.2. The number of carbonyl (C=O) groups is 1. The number of halogens is 1. The number of rotatable bonds is 5. The van der Waals surface area contributed by atoms with Crippen molar-refractivity contribution in [3.8, 4) is 0 Å². The number of benzene rings is 1. The summed E-state index contributed by atoms with van der Waals surface area (Å²) < 4.78 is 1.04. The third kappa shape index (κ3) is 4.10. The smallest absolute Gasteiger partial charge is 0.240 e. The van der Waals surface area contributed by atoms with Gasteiger partial charge in [0.2, 0.25) is 5.91 Å². The van der Waals surface area contributed by atoms with Crippen molar-refractivity contribution < 1.29 is 4.79 Å². The summed E-state index contributed by atoms with van der Waals surface area (Å²) in [5, 5.41) is 0. The topological polar surface area (TPSA) is 46.3 Å². The largest absolute Gasteiger partial charge is 0.337 e. The highest BCUT2D eigenvalue weighted by atomic mass is 79.9. The predicted octanol–water partition coefficient (Wildman–Crippen LogP) is 2.78. The molecule has 1 aromatic carbocycles. The molecule has 1 rings (SSSR count). The molecule has 18 heavy (non-hydrogen) atoms. The molecule has 0 aliphatic heterocycles. The Morgan fingerprint density at radius 3 is 2.33 bits per heavy atom. The Kier molecular flexibility index (Phi) is 5.82. The Morgan fingerprint density at radius 1 is 1.33 bits per heavy atom. The molecule has 0 unspecified atom stereocenters. The average molecular weight is 313 g/mol. The first-order chi connectivity index (χ1) is 8.45. The van der Waals surface area contributed by atoms with Crippen LogP contribution in [0, 0.1) is 5.92 Å². The predicted molar refractivity (Wildman–Crippen MR) is 78.0 cm³/mol. The minimum atomic E-state index is -0.416. The molecule has 0 radical (unpaired) electrons. The normalized spacial score (nSPS) is 12.6. The fraction of sp³-hybridized carbons (Fsp3) is 0.500. The summed E-state index contributed by atoms with van der Waals surface area (Å²) in [7, 11) is 0. The van der Waals surface area contributed by atoms with Gasteiger partial charge in [0.05, 0.1) is 6.04 Å². The number of amides is 1. The van der Waals surface area contributed by atoms with Gasteiger partial charge in [0.1, 0.15) is 0 Å². The van der Waals surface area contributed by atoms with E-state index < -0.39 is 6.04 Å². The molecular weight excluding hydrogens is 292 g/mol. The van der Waals surface area contributed by atoms with Gasteiger partial charge < -0.3 is 10.6 Å². The highest BCUT2D eigenvalue weighted by Crippen LogP contribution is 2.13. The second-order valence-corrected chi connectivity index (χ2v) is 5.66. The molecule has 1 amide bonds. The molecule has 1 atom stereocenters. The van der Waals surface area contributed by atoms with Gasteiger partial charge in [-0.05, 0) is 30.5 Å². The fourth-order valence-corrected chi connectivity index (χ4v) is 1.92. The van der Waals surface area contributed by atoms with E-state index >= 15 is 0 Å². The number of nitrogens with zero attached hydrogens (tertiary/aromatic N) is 1. The van der Waals surface area contributed by atoms with Gasteiger partial charge in [0.25, 0.3) is 0 Å². The van der Waals surface area contributed by atoms with Crippen LogP contribution in [0.4, 0.5) is 0 Å². The Morgan fingerprint density at radius 2 is 1.89 bits per heavy atom. The quantitative estimate of drug-likeness (QED) is 0.908. The second-order valence-electron chi connectivity index (χ2n) is 4.75. The molecule has 0 heterocycles. The standard InChI is InChI=1S/C14H21BrN2O/c1-4-17(14(18)13(16)10(2)3)9-11-5-7-12(15)8-6-11/h5-8,10,13H,4,9,16H2,1-3H3/t13-/m0/s1. The first-order valence-electron chi connectivity index (χ1n) is 6.24. The highest BCUT2D eigenvalue weighted by Gasteiger charge is 2.22. The summed E-state index contributed by atoms with van der Waals surface area (Å²) in [5.41, 5.74) is 7.03. The van der Waals surface area contributed by atoms with E-state index in [9.17, 15) is 4.79 Å². The summed E-state index contributed by atoms with van der Waals surface area (Å²) in [6, 6.07) is 7.58. The first kappa shape index (κ1) is 15.2. The van der Waals surface area contributed by atoms with Crippen LogP contribution in [0.1, 0.15) is 26.3 Å². The van der Waals surface area contributed by atoms with Gasteiger partial charge in [-0.3, -0.25) is 4.79 Å². The highest BCUT2D eigenvalue weighted by molar-refractivity contribution is 9.10. The average Bonchev–Trinajstić information content (AvgIpc) is 2.36. The molecule has 0 fully saturated rings. The summed E-state index contributed by atoms with van der Waals surface area (Å²) in [6.45, 7) is 7.20. The molecule has 3 nitrogen and oxygen atoms in total. The Balaban J connectivity index is 2.72. The van der Waals surface area contributed by atoms with Crippen LogP contribution in [0.25, 0.3) is 0 Å². The molecule has 0 aliphatic rings. The Bertz CT molecular complexity index is 389. The van der Waals surface area contributed by atoms with E-state index in [0.29, 0.717) is 13.1 Å². The lowest BCUT2D eigenvalue weighted by molar-refractivity contribution is -0.134. The number of carbonyl (C=O) groups excluding carboxylic acids is 1. The lowest BCUT2D eigenvalue weighted by Gasteiger charge is -2.26. The van der Waals surface area contributed by atoms with Crippen molar-refractivity contribution in [1.82, 2.24) is 4.90 Å². The monoisotopic (exact) mass is 312 g/mol. The van der Waals surface area contributed by atoms with Crippen LogP contribution in [0.5, 0.6) is 0 Å². The molecule has 0 saturated carbocycles. The van der Waals surface area contributed by atoms with E-state index in [1.807, 2.05) is 45.0 Å². The van der Waals surface area contributed by atoms with Crippen LogP contribution < -0.4 is 5.73 Å². The first-order valence-corrected chi connectivity index (χ1v) is 7.03. The van der Waals surface area contributed by atoms with Crippen molar-refractivity contribution >= 4 is 21.8 Å². The van der Waals surface area contributed by atoms with Crippen LogP contribution in [0.15, 0.2) is 28.7 Å².